The van der Waals surface area contributed by atoms with E-state index in [1.165, 1.54) is 0 Å². The Bertz CT molecular complexity index is 773. The molecule has 0 saturated heterocycles. The van der Waals surface area contributed by atoms with Gasteiger partial charge in [-0.2, -0.15) is 0 Å². The molecule has 5 heteroatoms. The average Bonchev–Trinajstić information content (AvgIpc) is 2.57. The number of nitrogens with zero attached hydrogens (tertiary/aromatic N) is 1. The molecule has 0 radical (unpaired) electrons. The van der Waals surface area contributed by atoms with Gasteiger partial charge in [-0.3, -0.25) is 9.69 Å². The van der Waals surface area contributed by atoms with Crippen LogP contribution in [0.3, 0.4) is 0 Å². The Balaban J connectivity index is 1.96. The van der Waals surface area contributed by atoms with E-state index in [4.69, 9.17) is 0 Å². The van der Waals surface area contributed by atoms with Crippen LogP contribution in [0.25, 0.3) is 0 Å². The second-order valence-corrected chi connectivity index (χ2v) is 5.93. The van der Waals surface area contributed by atoms with E-state index < -0.39 is 6.04 Å². The number of nitrogens with one attached hydrogen (secondary N) is 2. The van der Waals surface area contributed by atoms with Gasteiger partial charge < -0.3 is 10.6 Å². The molecule has 1 aliphatic heterocycles. The van der Waals surface area contributed by atoms with Crippen LogP contribution < -0.4 is 15.5 Å². The zero-order valence-electron chi connectivity index (χ0n) is 13.9. The molecule has 0 fully saturated rings. The van der Waals surface area contributed by atoms with Crippen LogP contribution in [-0.2, 0) is 4.79 Å². The molecule has 2 aromatic carbocycles. The molecule has 2 aromatic rings. The van der Waals surface area contributed by atoms with Crippen molar-refractivity contribution in [1.82, 2.24) is 0 Å². The van der Waals surface area contributed by atoms with Crippen molar-refractivity contribution in [3.63, 3.8) is 0 Å². The third-order valence-electron chi connectivity index (χ3n) is 4.20. The monoisotopic (exact) mass is 323 g/mol. The van der Waals surface area contributed by atoms with Crippen molar-refractivity contribution in [1.29, 1.82) is 0 Å². The number of rotatable bonds is 3. The third-order valence-corrected chi connectivity index (χ3v) is 4.20. The number of fused-ring (bicyclic) bond motifs is 1. The van der Waals surface area contributed by atoms with Crippen molar-refractivity contribution >= 4 is 29.0 Å². The van der Waals surface area contributed by atoms with E-state index >= 15 is 0 Å². The minimum absolute atomic E-state index is 0.143. The predicted octanol–water partition coefficient (Wildman–Crippen LogP) is 4.15. The van der Waals surface area contributed by atoms with Crippen LogP contribution in [0.5, 0.6) is 0 Å². The van der Waals surface area contributed by atoms with Crippen LogP contribution in [0.15, 0.2) is 48.5 Å². The first kappa shape index (κ1) is 16.1. The van der Waals surface area contributed by atoms with E-state index in [0.29, 0.717) is 12.1 Å². The molecule has 0 unspecified atom stereocenters. The number of para-hydroxylation sites is 3. The highest BCUT2D eigenvalue weighted by Crippen LogP contribution is 2.33. The third kappa shape index (κ3) is 2.97. The summed E-state index contributed by atoms with van der Waals surface area (Å²) in [5.41, 5.74) is 3.12. The fourth-order valence-electron chi connectivity index (χ4n) is 2.96. The maximum Gasteiger partial charge on any atom is 0.327 e. The number of benzene rings is 2. The molecule has 0 aliphatic carbocycles. The summed E-state index contributed by atoms with van der Waals surface area (Å²) in [7, 11) is 0. The lowest BCUT2D eigenvalue weighted by Crippen LogP contribution is -2.52. The van der Waals surface area contributed by atoms with Crippen molar-refractivity contribution < 1.29 is 9.59 Å². The van der Waals surface area contributed by atoms with E-state index in [1.807, 2.05) is 62.4 Å². The number of carbonyl (C=O) groups is 2. The topological polar surface area (TPSA) is 61.4 Å². The Morgan fingerprint density at radius 1 is 1.17 bits per heavy atom. The summed E-state index contributed by atoms with van der Waals surface area (Å²) in [5, 5.41) is 5.83. The summed E-state index contributed by atoms with van der Waals surface area (Å²) in [6.07, 6.45) is 1.43. The van der Waals surface area contributed by atoms with Gasteiger partial charge in [0.2, 0.25) is 5.91 Å². The molecular weight excluding hydrogens is 302 g/mol. The fraction of sp³-hybridized carbons (Fsp3) is 0.263. The van der Waals surface area contributed by atoms with Crippen molar-refractivity contribution in [2.24, 2.45) is 0 Å². The Hall–Kier alpha value is -2.82. The standard InChI is InChI=1S/C19H21N3O2/c1-3-8-17-18(23)20-15-11-6-7-12-16(15)22(17)19(24)21-14-10-5-4-9-13(14)2/h4-7,9-12,17H,3,8H2,1-2H3,(H,20,23)(H,21,24)/t17-/m0/s1. The van der Waals surface area contributed by atoms with Gasteiger partial charge in [0.1, 0.15) is 6.04 Å². The number of urea groups is 1. The summed E-state index contributed by atoms with van der Waals surface area (Å²) in [5.74, 6) is -0.143. The molecule has 124 valence electrons. The van der Waals surface area contributed by atoms with Gasteiger partial charge in [0.05, 0.1) is 11.4 Å². The van der Waals surface area contributed by atoms with Crippen LogP contribution in [-0.4, -0.2) is 18.0 Å². The highest BCUT2D eigenvalue weighted by molar-refractivity contribution is 6.14. The second kappa shape index (κ2) is 6.74. The number of hydrogen-bond acceptors (Lipinski definition) is 2. The van der Waals surface area contributed by atoms with E-state index in [9.17, 15) is 9.59 Å². The molecule has 1 aliphatic rings. The largest absolute Gasteiger partial charge is 0.327 e. The van der Waals surface area contributed by atoms with Crippen molar-refractivity contribution in [3.8, 4) is 0 Å². The average molecular weight is 323 g/mol. The smallest absolute Gasteiger partial charge is 0.322 e. The van der Waals surface area contributed by atoms with Gasteiger partial charge in [0, 0.05) is 5.69 Å². The first-order chi connectivity index (χ1) is 11.6. The highest BCUT2D eigenvalue weighted by Gasteiger charge is 2.36. The van der Waals surface area contributed by atoms with Crippen LogP contribution >= 0.6 is 0 Å². The quantitative estimate of drug-likeness (QED) is 0.891. The fourth-order valence-corrected chi connectivity index (χ4v) is 2.96. The summed E-state index contributed by atoms with van der Waals surface area (Å²) < 4.78 is 0. The van der Waals surface area contributed by atoms with Crippen molar-refractivity contribution in [2.75, 3.05) is 15.5 Å². The van der Waals surface area contributed by atoms with Gasteiger partial charge in [0.15, 0.2) is 0 Å². The van der Waals surface area contributed by atoms with Gasteiger partial charge in [-0.15, -0.1) is 0 Å². The molecule has 3 amide bonds. The molecule has 1 heterocycles. The molecule has 24 heavy (non-hydrogen) atoms. The summed E-state index contributed by atoms with van der Waals surface area (Å²) in [6, 6.07) is 14.2. The number of carbonyl (C=O) groups excluding carboxylic acids is 2. The number of hydrogen-bond donors (Lipinski definition) is 2. The molecule has 2 N–H and O–H groups in total. The summed E-state index contributed by atoms with van der Waals surface area (Å²) in [6.45, 7) is 3.95. The van der Waals surface area contributed by atoms with Gasteiger partial charge in [0.25, 0.3) is 0 Å². The van der Waals surface area contributed by atoms with Gasteiger partial charge in [-0.05, 0) is 37.1 Å². The van der Waals surface area contributed by atoms with Crippen LogP contribution in [0, 0.1) is 6.92 Å². The van der Waals surface area contributed by atoms with Crippen LogP contribution in [0.1, 0.15) is 25.3 Å². The molecular formula is C19H21N3O2. The first-order valence-corrected chi connectivity index (χ1v) is 8.17. The highest BCUT2D eigenvalue weighted by atomic mass is 16.2. The molecule has 0 spiro atoms. The van der Waals surface area contributed by atoms with Gasteiger partial charge >= 0.3 is 6.03 Å². The van der Waals surface area contributed by atoms with Crippen molar-refractivity contribution in [3.05, 3.63) is 54.1 Å². The number of amides is 3. The Morgan fingerprint density at radius 3 is 2.62 bits per heavy atom. The second-order valence-electron chi connectivity index (χ2n) is 5.93. The number of anilines is 3. The Kier molecular flexibility index (Phi) is 4.51. The minimum atomic E-state index is -0.506. The lowest BCUT2D eigenvalue weighted by molar-refractivity contribution is -0.117. The van der Waals surface area contributed by atoms with Crippen LogP contribution in [0.2, 0.25) is 0 Å². The molecule has 0 saturated carbocycles. The van der Waals surface area contributed by atoms with E-state index in [1.54, 1.807) is 4.90 Å². The van der Waals surface area contributed by atoms with E-state index in [2.05, 4.69) is 10.6 Å². The van der Waals surface area contributed by atoms with E-state index in [0.717, 1.165) is 23.4 Å². The lowest BCUT2D eigenvalue weighted by Gasteiger charge is -2.36. The van der Waals surface area contributed by atoms with E-state index in [-0.39, 0.29) is 11.9 Å². The maximum atomic E-state index is 12.9. The van der Waals surface area contributed by atoms with Gasteiger partial charge in [-0.25, -0.2) is 4.79 Å². The Labute approximate surface area is 141 Å². The summed E-state index contributed by atoms with van der Waals surface area (Å²) in [4.78, 5) is 27.0. The zero-order valence-corrected chi connectivity index (χ0v) is 13.9. The summed E-state index contributed by atoms with van der Waals surface area (Å²) >= 11 is 0. The molecule has 0 bridgehead atoms. The first-order valence-electron chi connectivity index (χ1n) is 8.17. The maximum absolute atomic E-state index is 12.9. The van der Waals surface area contributed by atoms with Crippen LogP contribution in [0.4, 0.5) is 21.9 Å². The minimum Gasteiger partial charge on any atom is -0.322 e. The SMILES string of the molecule is CCC[C@H]1C(=O)Nc2ccccc2N1C(=O)Nc1ccccc1C. The molecule has 3 rings (SSSR count). The normalized spacial score (nSPS) is 16.3. The van der Waals surface area contributed by atoms with Gasteiger partial charge in [-0.1, -0.05) is 43.7 Å². The predicted molar refractivity (Wildman–Crippen MR) is 96.4 cm³/mol. The molecule has 5 nitrogen and oxygen atoms in total. The zero-order chi connectivity index (χ0) is 17.1. The number of aryl methyl sites for hydroxylation is 1. The van der Waals surface area contributed by atoms with Crippen molar-refractivity contribution in [2.45, 2.75) is 32.7 Å². The Morgan fingerprint density at radius 2 is 1.88 bits per heavy atom. The molecule has 0 aromatic heterocycles. The lowest BCUT2D eigenvalue weighted by atomic mass is 10.0. The molecule has 1 atom stereocenters.